The van der Waals surface area contributed by atoms with E-state index in [1.54, 1.807) is 11.0 Å². The molecule has 1 aliphatic heterocycles. The molecule has 0 fully saturated rings. The van der Waals surface area contributed by atoms with E-state index in [9.17, 15) is 4.79 Å². The van der Waals surface area contributed by atoms with Gasteiger partial charge < -0.3 is 4.90 Å². The molecule has 0 radical (unpaired) electrons. The molecule has 1 heterocycles. The Hall–Kier alpha value is -1.32. The molecule has 0 aliphatic carbocycles. The molecule has 96 valence electrons. The zero-order valence-corrected chi connectivity index (χ0v) is 12.4. The highest BCUT2D eigenvalue weighted by Crippen LogP contribution is 2.35. The van der Waals surface area contributed by atoms with E-state index >= 15 is 0 Å². The van der Waals surface area contributed by atoms with Crippen molar-refractivity contribution in [3.05, 3.63) is 63.1 Å². The molecular weight excluding hydrogens is 326 g/mol. The Bertz CT molecular complexity index is 656. The first kappa shape index (κ1) is 12.7. The van der Waals surface area contributed by atoms with Gasteiger partial charge >= 0.3 is 0 Å². The van der Waals surface area contributed by atoms with Crippen molar-refractivity contribution in [3.8, 4) is 0 Å². The minimum Gasteiger partial charge on any atom is -0.307 e. The van der Waals surface area contributed by atoms with Gasteiger partial charge in [-0.15, -0.1) is 0 Å². The Kier molecular flexibility index (Phi) is 3.33. The molecule has 0 unspecified atom stereocenters. The van der Waals surface area contributed by atoms with Crippen molar-refractivity contribution in [2.75, 3.05) is 11.4 Å². The highest BCUT2D eigenvalue weighted by Gasteiger charge is 2.26. The second-order valence-corrected chi connectivity index (χ2v) is 5.64. The number of anilines is 1. The first-order valence-corrected chi connectivity index (χ1v) is 7.19. The van der Waals surface area contributed by atoms with Crippen LogP contribution in [0.1, 0.15) is 15.9 Å². The molecule has 0 spiro atoms. The standard InChI is InChI=1S/C15H11BrClNO/c16-14-12(17)6-3-7-13(14)18-9-8-10-4-1-2-5-11(10)15(18)19/h1-7H,8-9H2. The van der Waals surface area contributed by atoms with Crippen molar-refractivity contribution in [2.45, 2.75) is 6.42 Å². The number of hydrogen-bond donors (Lipinski definition) is 0. The third-order valence-corrected chi connectivity index (χ3v) is 4.70. The van der Waals surface area contributed by atoms with Gasteiger partial charge in [0.25, 0.3) is 5.91 Å². The van der Waals surface area contributed by atoms with Crippen LogP contribution in [0.25, 0.3) is 0 Å². The predicted octanol–water partition coefficient (Wildman–Crippen LogP) is 4.31. The summed E-state index contributed by atoms with van der Waals surface area (Å²) in [4.78, 5) is 14.3. The molecule has 0 N–H and O–H groups in total. The van der Waals surface area contributed by atoms with Gasteiger partial charge in [-0.05, 0) is 46.1 Å². The van der Waals surface area contributed by atoms with Crippen LogP contribution in [-0.2, 0) is 6.42 Å². The lowest BCUT2D eigenvalue weighted by Gasteiger charge is -2.29. The fourth-order valence-electron chi connectivity index (χ4n) is 2.36. The Morgan fingerprint density at radius 3 is 2.74 bits per heavy atom. The van der Waals surface area contributed by atoms with Crippen molar-refractivity contribution in [3.63, 3.8) is 0 Å². The van der Waals surface area contributed by atoms with E-state index in [-0.39, 0.29) is 5.91 Å². The predicted molar refractivity (Wildman–Crippen MR) is 81.0 cm³/mol. The average Bonchev–Trinajstić information content (AvgIpc) is 2.43. The highest BCUT2D eigenvalue weighted by atomic mass is 79.9. The van der Waals surface area contributed by atoms with Crippen molar-refractivity contribution in [1.82, 2.24) is 0 Å². The smallest absolute Gasteiger partial charge is 0.258 e. The average molecular weight is 337 g/mol. The zero-order chi connectivity index (χ0) is 13.4. The number of halogens is 2. The number of rotatable bonds is 1. The van der Waals surface area contributed by atoms with Crippen LogP contribution < -0.4 is 4.90 Å². The van der Waals surface area contributed by atoms with E-state index in [4.69, 9.17) is 11.6 Å². The summed E-state index contributed by atoms with van der Waals surface area (Å²) < 4.78 is 0.768. The monoisotopic (exact) mass is 335 g/mol. The topological polar surface area (TPSA) is 20.3 Å². The molecule has 0 atom stereocenters. The minimum absolute atomic E-state index is 0.0322. The SMILES string of the molecule is O=C1c2ccccc2CCN1c1cccc(Cl)c1Br. The molecule has 2 aromatic rings. The number of benzene rings is 2. The third kappa shape index (κ3) is 2.17. The minimum atomic E-state index is 0.0322. The van der Waals surface area contributed by atoms with E-state index in [2.05, 4.69) is 15.9 Å². The Balaban J connectivity index is 2.05. The number of carbonyl (C=O) groups excluding carboxylic acids is 1. The van der Waals surface area contributed by atoms with E-state index in [1.165, 1.54) is 0 Å². The van der Waals surface area contributed by atoms with Gasteiger partial charge in [-0.1, -0.05) is 35.9 Å². The molecule has 2 nitrogen and oxygen atoms in total. The van der Waals surface area contributed by atoms with Crippen molar-refractivity contribution >= 4 is 39.1 Å². The van der Waals surface area contributed by atoms with Gasteiger partial charge in [0.1, 0.15) is 0 Å². The molecule has 1 aliphatic rings. The van der Waals surface area contributed by atoms with E-state index in [0.717, 1.165) is 27.7 Å². The highest BCUT2D eigenvalue weighted by molar-refractivity contribution is 9.10. The Morgan fingerprint density at radius 1 is 1.11 bits per heavy atom. The summed E-state index contributed by atoms with van der Waals surface area (Å²) in [5, 5.41) is 0.615. The molecule has 19 heavy (non-hydrogen) atoms. The van der Waals surface area contributed by atoms with Crippen LogP contribution in [0.15, 0.2) is 46.9 Å². The Morgan fingerprint density at radius 2 is 1.89 bits per heavy atom. The molecule has 4 heteroatoms. The summed E-state index contributed by atoms with van der Waals surface area (Å²) in [6.07, 6.45) is 0.862. The number of amides is 1. The summed E-state index contributed by atoms with van der Waals surface area (Å²) >= 11 is 9.55. The maximum Gasteiger partial charge on any atom is 0.258 e. The van der Waals surface area contributed by atoms with Gasteiger partial charge in [-0.2, -0.15) is 0 Å². The molecule has 0 aromatic heterocycles. The van der Waals surface area contributed by atoms with Gasteiger partial charge in [0.15, 0.2) is 0 Å². The van der Waals surface area contributed by atoms with Gasteiger partial charge in [0, 0.05) is 12.1 Å². The van der Waals surface area contributed by atoms with Crippen LogP contribution in [0, 0.1) is 0 Å². The molecule has 0 saturated heterocycles. The number of hydrogen-bond acceptors (Lipinski definition) is 1. The summed E-state index contributed by atoms with van der Waals surface area (Å²) in [6.45, 7) is 0.675. The number of nitrogens with zero attached hydrogens (tertiary/aromatic N) is 1. The second-order valence-electron chi connectivity index (χ2n) is 4.44. The van der Waals surface area contributed by atoms with E-state index in [0.29, 0.717) is 11.6 Å². The second kappa shape index (κ2) is 4.99. The zero-order valence-electron chi connectivity index (χ0n) is 10.1. The van der Waals surface area contributed by atoms with Crippen molar-refractivity contribution in [2.24, 2.45) is 0 Å². The number of fused-ring (bicyclic) bond motifs is 1. The molecular formula is C15H11BrClNO. The summed E-state index contributed by atoms with van der Waals surface area (Å²) in [6, 6.07) is 13.3. The fourth-order valence-corrected chi connectivity index (χ4v) is 3.00. The first-order valence-electron chi connectivity index (χ1n) is 6.02. The normalized spacial score (nSPS) is 14.4. The lowest BCUT2D eigenvalue weighted by atomic mass is 9.99. The molecule has 1 amide bonds. The molecule has 0 saturated carbocycles. The molecule has 3 rings (SSSR count). The summed E-state index contributed by atoms with van der Waals surface area (Å²) in [5.74, 6) is 0.0322. The van der Waals surface area contributed by atoms with Crippen molar-refractivity contribution < 1.29 is 4.79 Å². The van der Waals surface area contributed by atoms with Gasteiger partial charge in [-0.25, -0.2) is 0 Å². The van der Waals surface area contributed by atoms with Crippen molar-refractivity contribution in [1.29, 1.82) is 0 Å². The largest absolute Gasteiger partial charge is 0.307 e. The van der Waals surface area contributed by atoms with Crippen LogP contribution in [0.3, 0.4) is 0 Å². The van der Waals surface area contributed by atoms with Gasteiger partial charge in [0.2, 0.25) is 0 Å². The van der Waals surface area contributed by atoms with Crippen LogP contribution in [0.5, 0.6) is 0 Å². The van der Waals surface area contributed by atoms with Crippen LogP contribution in [-0.4, -0.2) is 12.5 Å². The first-order chi connectivity index (χ1) is 9.18. The fraction of sp³-hybridized carbons (Fsp3) is 0.133. The lowest BCUT2D eigenvalue weighted by molar-refractivity contribution is 0.0980. The third-order valence-electron chi connectivity index (χ3n) is 3.32. The molecule has 2 aromatic carbocycles. The van der Waals surface area contributed by atoms with E-state index in [1.807, 2.05) is 36.4 Å². The molecule has 0 bridgehead atoms. The van der Waals surface area contributed by atoms with Crippen LogP contribution >= 0.6 is 27.5 Å². The van der Waals surface area contributed by atoms with Gasteiger partial charge in [0.05, 0.1) is 15.2 Å². The number of carbonyl (C=O) groups is 1. The summed E-state index contributed by atoms with van der Waals surface area (Å²) in [5.41, 5.74) is 2.72. The summed E-state index contributed by atoms with van der Waals surface area (Å²) in [7, 11) is 0. The lowest BCUT2D eigenvalue weighted by Crippen LogP contribution is -2.37. The maximum absolute atomic E-state index is 12.5. The maximum atomic E-state index is 12.5. The van der Waals surface area contributed by atoms with Crippen LogP contribution in [0.4, 0.5) is 5.69 Å². The van der Waals surface area contributed by atoms with Crippen LogP contribution in [0.2, 0.25) is 5.02 Å². The quantitative estimate of drug-likeness (QED) is 0.760. The van der Waals surface area contributed by atoms with Gasteiger partial charge in [-0.3, -0.25) is 4.79 Å². The Labute approximate surface area is 125 Å². The van der Waals surface area contributed by atoms with E-state index < -0.39 is 0 Å².